The maximum absolute atomic E-state index is 12.4. The quantitative estimate of drug-likeness (QED) is 0.808. The van der Waals surface area contributed by atoms with Crippen molar-refractivity contribution in [2.24, 2.45) is 0 Å². The number of hydrogen-bond acceptors (Lipinski definition) is 3. The first-order valence-corrected chi connectivity index (χ1v) is 7.89. The van der Waals surface area contributed by atoms with Crippen molar-refractivity contribution < 1.29 is 22.8 Å². The van der Waals surface area contributed by atoms with Gasteiger partial charge in [-0.05, 0) is 43.3 Å². The number of nitrogens with one attached hydrogen (secondary N) is 2. The molecule has 1 aromatic heterocycles. The van der Waals surface area contributed by atoms with Crippen molar-refractivity contribution in [2.75, 3.05) is 13.1 Å². The van der Waals surface area contributed by atoms with Crippen molar-refractivity contribution in [1.82, 2.24) is 10.6 Å². The van der Waals surface area contributed by atoms with Gasteiger partial charge in [0.15, 0.2) is 0 Å². The molecule has 0 saturated heterocycles. The Bertz CT molecular complexity index is 724. The summed E-state index contributed by atoms with van der Waals surface area (Å²) in [5, 5.41) is 5.19. The van der Waals surface area contributed by atoms with Crippen LogP contribution in [0.2, 0.25) is 0 Å². The van der Waals surface area contributed by atoms with Crippen LogP contribution < -0.4 is 10.6 Å². The SMILES string of the molecule is Cc1ccc(C(=O)NCCNC(=O)c2ccc(C(F)(F)F)cc2)s1. The van der Waals surface area contributed by atoms with Crippen molar-refractivity contribution in [1.29, 1.82) is 0 Å². The van der Waals surface area contributed by atoms with Crippen LogP contribution in [0.4, 0.5) is 13.2 Å². The molecule has 2 rings (SSSR count). The number of amides is 2. The third-order valence-corrected chi connectivity index (χ3v) is 4.13. The van der Waals surface area contributed by atoms with E-state index in [2.05, 4.69) is 10.6 Å². The molecule has 8 heteroatoms. The highest BCUT2D eigenvalue weighted by atomic mass is 32.1. The van der Waals surface area contributed by atoms with Gasteiger partial charge in [0, 0.05) is 23.5 Å². The predicted octanol–water partition coefficient (Wildman–Crippen LogP) is 3.24. The van der Waals surface area contributed by atoms with Crippen molar-refractivity contribution in [3.8, 4) is 0 Å². The molecule has 2 aromatic rings. The van der Waals surface area contributed by atoms with Crippen LogP contribution in [0.15, 0.2) is 36.4 Å². The zero-order valence-corrected chi connectivity index (χ0v) is 13.6. The maximum Gasteiger partial charge on any atom is 0.416 e. The van der Waals surface area contributed by atoms with Crippen molar-refractivity contribution in [3.63, 3.8) is 0 Å². The summed E-state index contributed by atoms with van der Waals surface area (Å²) in [7, 11) is 0. The Morgan fingerprint density at radius 2 is 1.54 bits per heavy atom. The molecule has 0 bridgehead atoms. The largest absolute Gasteiger partial charge is 0.416 e. The number of hydrogen-bond donors (Lipinski definition) is 2. The number of thiophene rings is 1. The van der Waals surface area contributed by atoms with E-state index in [4.69, 9.17) is 0 Å². The average molecular weight is 356 g/mol. The Balaban J connectivity index is 1.78. The molecule has 1 aromatic carbocycles. The Kier molecular flexibility index (Phi) is 5.61. The highest BCUT2D eigenvalue weighted by Crippen LogP contribution is 2.29. The van der Waals surface area contributed by atoms with Crippen LogP contribution in [-0.2, 0) is 6.18 Å². The van der Waals surface area contributed by atoms with Crippen LogP contribution in [0.3, 0.4) is 0 Å². The third-order valence-electron chi connectivity index (χ3n) is 3.13. The second-order valence-corrected chi connectivity index (χ2v) is 6.29. The molecule has 24 heavy (non-hydrogen) atoms. The molecule has 4 nitrogen and oxygen atoms in total. The second-order valence-electron chi connectivity index (χ2n) is 5.00. The fourth-order valence-corrected chi connectivity index (χ4v) is 2.69. The maximum atomic E-state index is 12.4. The van der Waals surface area contributed by atoms with Gasteiger partial charge in [-0.1, -0.05) is 0 Å². The lowest BCUT2D eigenvalue weighted by atomic mass is 10.1. The van der Waals surface area contributed by atoms with Gasteiger partial charge in [-0.15, -0.1) is 11.3 Å². The lowest BCUT2D eigenvalue weighted by Gasteiger charge is -2.09. The number of aryl methyl sites for hydroxylation is 1. The van der Waals surface area contributed by atoms with E-state index in [9.17, 15) is 22.8 Å². The van der Waals surface area contributed by atoms with Crippen LogP contribution in [0.5, 0.6) is 0 Å². The molecule has 1 heterocycles. The number of alkyl halides is 3. The van der Waals surface area contributed by atoms with Crippen LogP contribution in [-0.4, -0.2) is 24.9 Å². The van der Waals surface area contributed by atoms with Crippen LogP contribution in [0.1, 0.15) is 30.5 Å². The lowest BCUT2D eigenvalue weighted by molar-refractivity contribution is -0.137. The van der Waals surface area contributed by atoms with Gasteiger partial charge in [-0.3, -0.25) is 9.59 Å². The van der Waals surface area contributed by atoms with Crippen LogP contribution >= 0.6 is 11.3 Å². The van der Waals surface area contributed by atoms with Gasteiger partial charge in [0.05, 0.1) is 10.4 Å². The summed E-state index contributed by atoms with van der Waals surface area (Å²) in [6.45, 7) is 2.30. The van der Waals surface area contributed by atoms with E-state index in [1.165, 1.54) is 11.3 Å². The third kappa shape index (κ3) is 4.82. The number of halogens is 3. The first-order valence-electron chi connectivity index (χ1n) is 7.07. The molecule has 0 saturated carbocycles. The second kappa shape index (κ2) is 7.48. The van der Waals surface area contributed by atoms with Gasteiger partial charge >= 0.3 is 6.18 Å². The zero-order valence-electron chi connectivity index (χ0n) is 12.7. The van der Waals surface area contributed by atoms with Crippen molar-refractivity contribution >= 4 is 23.2 Å². The van der Waals surface area contributed by atoms with Gasteiger partial charge in [0.25, 0.3) is 11.8 Å². The molecule has 0 radical (unpaired) electrons. The number of rotatable bonds is 5. The van der Waals surface area contributed by atoms with Gasteiger partial charge in [0.1, 0.15) is 0 Å². The minimum Gasteiger partial charge on any atom is -0.350 e. The van der Waals surface area contributed by atoms with Gasteiger partial charge in [0.2, 0.25) is 0 Å². The van der Waals surface area contributed by atoms with Crippen LogP contribution in [0, 0.1) is 6.92 Å². The van der Waals surface area contributed by atoms with E-state index in [1.54, 1.807) is 6.07 Å². The molecule has 0 aliphatic rings. The highest BCUT2D eigenvalue weighted by molar-refractivity contribution is 7.13. The first kappa shape index (κ1) is 18.0. The highest BCUT2D eigenvalue weighted by Gasteiger charge is 2.30. The summed E-state index contributed by atoms with van der Waals surface area (Å²) in [6, 6.07) is 7.50. The van der Waals surface area contributed by atoms with E-state index in [0.29, 0.717) is 4.88 Å². The van der Waals surface area contributed by atoms with Gasteiger partial charge in [-0.25, -0.2) is 0 Å². The fourth-order valence-electron chi connectivity index (χ4n) is 1.91. The van der Waals surface area contributed by atoms with Crippen LogP contribution in [0.25, 0.3) is 0 Å². The van der Waals surface area contributed by atoms with E-state index < -0.39 is 17.6 Å². The van der Waals surface area contributed by atoms with Crippen molar-refractivity contribution in [3.05, 3.63) is 57.3 Å². The first-order chi connectivity index (χ1) is 11.3. The molecule has 0 unspecified atom stereocenters. The zero-order chi connectivity index (χ0) is 17.7. The van der Waals surface area contributed by atoms with Gasteiger partial charge < -0.3 is 10.6 Å². The molecular formula is C16H15F3N2O2S. The Hall–Kier alpha value is -2.35. The topological polar surface area (TPSA) is 58.2 Å². The Labute approximate surface area is 140 Å². The summed E-state index contributed by atoms with van der Waals surface area (Å²) in [5.74, 6) is -0.721. The summed E-state index contributed by atoms with van der Waals surface area (Å²) in [6.07, 6.45) is -4.43. The standard InChI is InChI=1S/C16H15F3N2O2S/c1-10-2-7-13(24-10)15(23)21-9-8-20-14(22)11-3-5-12(6-4-11)16(17,18)19/h2-7H,8-9H2,1H3,(H,20,22)(H,21,23). The average Bonchev–Trinajstić information content (AvgIpc) is 2.97. The minimum atomic E-state index is -4.43. The molecule has 2 N–H and O–H groups in total. The summed E-state index contributed by atoms with van der Waals surface area (Å²) in [4.78, 5) is 25.2. The smallest absolute Gasteiger partial charge is 0.350 e. The van der Waals surface area contributed by atoms with Gasteiger partial charge in [-0.2, -0.15) is 13.2 Å². The molecule has 0 fully saturated rings. The molecule has 0 spiro atoms. The minimum absolute atomic E-state index is 0.128. The number of carbonyl (C=O) groups excluding carboxylic acids is 2. The summed E-state index contributed by atoms with van der Waals surface area (Å²) in [5.41, 5.74) is -0.680. The fraction of sp³-hybridized carbons (Fsp3) is 0.250. The molecule has 0 aliphatic heterocycles. The lowest BCUT2D eigenvalue weighted by Crippen LogP contribution is -2.34. The Morgan fingerprint density at radius 3 is 2.04 bits per heavy atom. The number of benzene rings is 1. The van der Waals surface area contributed by atoms with Crippen molar-refractivity contribution in [2.45, 2.75) is 13.1 Å². The van der Waals surface area contributed by atoms with E-state index >= 15 is 0 Å². The molecule has 128 valence electrons. The molecular weight excluding hydrogens is 341 g/mol. The summed E-state index contributed by atoms with van der Waals surface area (Å²) < 4.78 is 37.3. The summed E-state index contributed by atoms with van der Waals surface area (Å²) >= 11 is 1.37. The monoisotopic (exact) mass is 356 g/mol. The Morgan fingerprint density at radius 1 is 0.958 bits per heavy atom. The predicted molar refractivity (Wildman–Crippen MR) is 85.2 cm³/mol. The van der Waals surface area contributed by atoms with E-state index in [-0.39, 0.29) is 24.6 Å². The molecule has 2 amide bonds. The molecule has 0 atom stereocenters. The van der Waals surface area contributed by atoms with E-state index in [1.807, 2.05) is 13.0 Å². The van der Waals surface area contributed by atoms with E-state index in [0.717, 1.165) is 29.1 Å². The molecule has 0 aliphatic carbocycles. The normalized spacial score (nSPS) is 11.2. The number of carbonyl (C=O) groups is 2.